The average Bonchev–Trinajstić information content (AvgIpc) is 2.71. The van der Waals surface area contributed by atoms with Crippen LogP contribution in [0.3, 0.4) is 0 Å². The summed E-state index contributed by atoms with van der Waals surface area (Å²) in [5, 5.41) is 14.7. The molecule has 19 heavy (non-hydrogen) atoms. The molecule has 1 heterocycles. The quantitative estimate of drug-likeness (QED) is 0.821. The van der Waals surface area contributed by atoms with Crippen LogP contribution in [-0.4, -0.2) is 31.6 Å². The standard InChI is InChI=1S/C10H7BrFN3O3S/c11-6-2-1-5(12)3-7(6)15-9(18)13-14-10(15)19-4-8(16)17/h1-3H,4H2,(H,13,18)(H,16,17). The number of halogens is 2. The lowest BCUT2D eigenvalue weighted by atomic mass is 10.3. The Morgan fingerprint density at radius 1 is 1.58 bits per heavy atom. The van der Waals surface area contributed by atoms with E-state index >= 15 is 0 Å². The van der Waals surface area contributed by atoms with Gasteiger partial charge in [0, 0.05) is 4.47 Å². The minimum Gasteiger partial charge on any atom is -0.481 e. The van der Waals surface area contributed by atoms with Gasteiger partial charge in [0.05, 0.1) is 11.4 Å². The van der Waals surface area contributed by atoms with Gasteiger partial charge in [0.2, 0.25) is 0 Å². The van der Waals surface area contributed by atoms with E-state index in [1.807, 2.05) is 0 Å². The van der Waals surface area contributed by atoms with Crippen molar-refractivity contribution in [3.8, 4) is 5.69 Å². The molecule has 0 spiro atoms. The summed E-state index contributed by atoms with van der Waals surface area (Å²) < 4.78 is 14.9. The molecule has 9 heteroatoms. The molecule has 2 N–H and O–H groups in total. The number of carboxylic acids is 1. The number of aromatic nitrogens is 3. The summed E-state index contributed by atoms with van der Waals surface area (Å²) in [6.07, 6.45) is 0. The first-order chi connectivity index (χ1) is 8.99. The third-order valence-electron chi connectivity index (χ3n) is 2.12. The van der Waals surface area contributed by atoms with Gasteiger partial charge < -0.3 is 5.11 Å². The lowest BCUT2D eigenvalue weighted by Crippen LogP contribution is -2.16. The molecule has 0 amide bonds. The zero-order chi connectivity index (χ0) is 14.0. The molecule has 0 aliphatic heterocycles. The molecule has 0 radical (unpaired) electrons. The largest absolute Gasteiger partial charge is 0.481 e. The Morgan fingerprint density at radius 3 is 3.00 bits per heavy atom. The van der Waals surface area contributed by atoms with Crippen LogP contribution in [0.4, 0.5) is 4.39 Å². The molecule has 0 atom stereocenters. The summed E-state index contributed by atoms with van der Waals surface area (Å²) in [7, 11) is 0. The molecule has 100 valence electrons. The van der Waals surface area contributed by atoms with Crippen LogP contribution in [0.5, 0.6) is 0 Å². The van der Waals surface area contributed by atoms with Gasteiger partial charge in [-0.1, -0.05) is 11.8 Å². The molecule has 0 bridgehead atoms. The number of H-pyrrole nitrogens is 1. The predicted octanol–water partition coefficient (Wildman–Crippen LogP) is 1.64. The van der Waals surface area contributed by atoms with Gasteiger partial charge in [-0.3, -0.25) is 4.79 Å². The van der Waals surface area contributed by atoms with Crippen molar-refractivity contribution in [3.63, 3.8) is 0 Å². The summed E-state index contributed by atoms with van der Waals surface area (Å²) in [5.74, 6) is -1.80. The smallest absolute Gasteiger partial charge is 0.348 e. The van der Waals surface area contributed by atoms with Gasteiger partial charge in [-0.15, -0.1) is 5.10 Å². The van der Waals surface area contributed by atoms with Gasteiger partial charge in [0.25, 0.3) is 0 Å². The van der Waals surface area contributed by atoms with Crippen molar-refractivity contribution in [2.45, 2.75) is 5.16 Å². The van der Waals surface area contributed by atoms with Crippen LogP contribution in [-0.2, 0) is 4.79 Å². The summed E-state index contributed by atoms with van der Waals surface area (Å²) in [5.41, 5.74) is -0.314. The van der Waals surface area contributed by atoms with E-state index in [-0.39, 0.29) is 16.6 Å². The van der Waals surface area contributed by atoms with Gasteiger partial charge in [-0.2, -0.15) is 0 Å². The van der Waals surface area contributed by atoms with Crippen molar-refractivity contribution in [3.05, 3.63) is 39.0 Å². The lowest BCUT2D eigenvalue weighted by molar-refractivity contribution is -0.133. The normalized spacial score (nSPS) is 10.6. The zero-order valence-electron chi connectivity index (χ0n) is 9.26. The summed E-state index contributed by atoms with van der Waals surface area (Å²) in [4.78, 5) is 22.2. The van der Waals surface area contributed by atoms with E-state index in [1.165, 1.54) is 12.1 Å². The van der Waals surface area contributed by atoms with Gasteiger partial charge >= 0.3 is 11.7 Å². The molecule has 1 aromatic carbocycles. The number of benzene rings is 1. The molecule has 0 saturated carbocycles. The van der Waals surface area contributed by atoms with Crippen LogP contribution < -0.4 is 5.69 Å². The van der Waals surface area contributed by atoms with Gasteiger partial charge in [0.1, 0.15) is 5.82 Å². The number of thioether (sulfide) groups is 1. The van der Waals surface area contributed by atoms with E-state index in [0.717, 1.165) is 22.4 Å². The topological polar surface area (TPSA) is 88.0 Å². The van der Waals surface area contributed by atoms with E-state index in [4.69, 9.17) is 5.11 Å². The Bertz CT molecular complexity index is 685. The maximum Gasteiger partial charge on any atom is 0.348 e. The fourth-order valence-corrected chi connectivity index (χ4v) is 2.47. The number of hydrogen-bond acceptors (Lipinski definition) is 4. The van der Waals surface area contributed by atoms with Gasteiger partial charge in [-0.25, -0.2) is 18.9 Å². The van der Waals surface area contributed by atoms with Gasteiger partial charge in [0.15, 0.2) is 5.16 Å². The monoisotopic (exact) mass is 347 g/mol. The Hall–Kier alpha value is -1.61. The molecule has 6 nitrogen and oxygen atoms in total. The number of nitrogens with one attached hydrogen (secondary N) is 1. The summed E-state index contributed by atoms with van der Waals surface area (Å²) in [6, 6.07) is 3.85. The van der Waals surface area contributed by atoms with Crippen LogP contribution >= 0.6 is 27.7 Å². The molecule has 0 aliphatic rings. The van der Waals surface area contributed by atoms with Crippen molar-refractivity contribution in [1.29, 1.82) is 0 Å². The highest BCUT2D eigenvalue weighted by atomic mass is 79.9. The van der Waals surface area contributed by atoms with Gasteiger partial charge in [-0.05, 0) is 34.1 Å². The number of carboxylic acid groups (broad SMARTS) is 1. The number of nitrogens with zero attached hydrogens (tertiary/aromatic N) is 2. The van der Waals surface area contributed by atoms with E-state index in [9.17, 15) is 14.0 Å². The fraction of sp³-hybridized carbons (Fsp3) is 0.100. The third-order valence-corrected chi connectivity index (χ3v) is 3.71. The molecule has 1 aromatic heterocycles. The minimum atomic E-state index is -1.04. The first-order valence-corrected chi connectivity index (χ1v) is 6.74. The third kappa shape index (κ3) is 3.04. The van der Waals surface area contributed by atoms with Crippen LogP contribution in [0.2, 0.25) is 0 Å². The molecule has 0 saturated heterocycles. The second-order valence-corrected chi connectivity index (χ2v) is 5.22. The number of aliphatic carboxylic acids is 1. The predicted molar refractivity (Wildman–Crippen MR) is 70.2 cm³/mol. The highest BCUT2D eigenvalue weighted by Gasteiger charge is 2.15. The second-order valence-electron chi connectivity index (χ2n) is 3.42. The first kappa shape index (κ1) is 13.8. The molecule has 0 aliphatic carbocycles. The summed E-state index contributed by atoms with van der Waals surface area (Å²) in [6.45, 7) is 0. The molecule has 0 fully saturated rings. The maximum absolute atomic E-state index is 13.2. The molecular weight excluding hydrogens is 341 g/mol. The number of rotatable bonds is 4. The molecular formula is C10H7BrFN3O3S. The Balaban J connectivity index is 2.49. The summed E-state index contributed by atoms with van der Waals surface area (Å²) >= 11 is 4.07. The molecule has 2 aromatic rings. The highest BCUT2D eigenvalue weighted by Crippen LogP contribution is 2.24. The van der Waals surface area contributed by atoms with Crippen molar-refractivity contribution in [2.24, 2.45) is 0 Å². The van der Waals surface area contributed by atoms with Crippen LogP contribution in [0, 0.1) is 5.82 Å². The van der Waals surface area contributed by atoms with Crippen LogP contribution in [0.15, 0.2) is 32.6 Å². The Morgan fingerprint density at radius 2 is 2.32 bits per heavy atom. The van der Waals surface area contributed by atoms with Crippen molar-refractivity contribution in [2.75, 3.05) is 5.75 Å². The number of hydrogen-bond donors (Lipinski definition) is 2. The fourth-order valence-electron chi connectivity index (χ4n) is 1.38. The lowest BCUT2D eigenvalue weighted by Gasteiger charge is -2.06. The second kappa shape index (κ2) is 5.57. The van der Waals surface area contributed by atoms with Crippen molar-refractivity contribution < 1.29 is 14.3 Å². The maximum atomic E-state index is 13.2. The number of carbonyl (C=O) groups is 1. The molecule has 2 rings (SSSR count). The highest BCUT2D eigenvalue weighted by molar-refractivity contribution is 9.10. The minimum absolute atomic E-state index is 0.152. The number of aromatic amines is 1. The first-order valence-electron chi connectivity index (χ1n) is 4.96. The Kier molecular flexibility index (Phi) is 4.05. The zero-order valence-corrected chi connectivity index (χ0v) is 11.7. The van der Waals surface area contributed by atoms with E-state index in [1.54, 1.807) is 0 Å². The molecule has 0 unspecified atom stereocenters. The van der Waals surface area contributed by atoms with E-state index in [2.05, 4.69) is 26.1 Å². The SMILES string of the molecule is O=C(O)CSc1n[nH]c(=O)n1-c1cc(F)ccc1Br. The Labute approximate surface area is 118 Å². The van der Waals surface area contributed by atoms with Crippen LogP contribution in [0.25, 0.3) is 5.69 Å². The van der Waals surface area contributed by atoms with E-state index in [0.29, 0.717) is 4.47 Å². The van der Waals surface area contributed by atoms with Crippen LogP contribution in [0.1, 0.15) is 0 Å². The van der Waals surface area contributed by atoms with E-state index < -0.39 is 17.5 Å². The van der Waals surface area contributed by atoms with Crippen molar-refractivity contribution in [1.82, 2.24) is 14.8 Å². The van der Waals surface area contributed by atoms with Crippen molar-refractivity contribution >= 4 is 33.7 Å². The average molecular weight is 348 g/mol.